The van der Waals surface area contributed by atoms with Gasteiger partial charge in [-0.3, -0.25) is 0 Å². The maximum absolute atomic E-state index is 5.50. The predicted molar refractivity (Wildman–Crippen MR) is 65.1 cm³/mol. The van der Waals surface area contributed by atoms with Crippen molar-refractivity contribution >= 4 is 22.1 Å². The highest BCUT2D eigenvalue weighted by Crippen LogP contribution is 2.05. The molecule has 2 nitrogen and oxygen atoms in total. The van der Waals surface area contributed by atoms with Crippen LogP contribution < -0.4 is 0 Å². The van der Waals surface area contributed by atoms with Crippen LogP contribution in [0.4, 0.5) is 0 Å². The van der Waals surface area contributed by atoms with Crippen molar-refractivity contribution in [3.63, 3.8) is 0 Å². The molecule has 0 aliphatic carbocycles. The molecule has 0 bridgehead atoms. The number of hydrogen-bond acceptors (Lipinski definition) is 2. The monoisotopic (exact) mass is 225 g/mol. The van der Waals surface area contributed by atoms with Gasteiger partial charge < -0.3 is 7.91 Å². The fraction of sp³-hybridized carbons (Fsp3) is 1.00. The average molecular weight is 226 g/mol. The summed E-state index contributed by atoms with van der Waals surface area (Å²) in [5.74, 6) is 0. The van der Waals surface area contributed by atoms with Gasteiger partial charge in [-0.05, 0) is 19.3 Å². The molecule has 0 aromatic heterocycles. The number of unbranched alkanes of at least 4 members (excludes halogenated alkanes) is 6. The summed E-state index contributed by atoms with van der Waals surface area (Å²) in [4.78, 5) is 0. The summed E-state index contributed by atoms with van der Waals surface area (Å²) in [6, 6.07) is 0. The fourth-order valence-corrected chi connectivity index (χ4v) is 1.67. The molecule has 0 aliphatic rings. The highest BCUT2D eigenvalue weighted by atomic mass is 24.4. The predicted octanol–water partition coefficient (Wildman–Crippen LogP) is 3.24. The van der Waals surface area contributed by atoms with Crippen LogP contribution in [-0.2, 0) is 7.91 Å². The van der Waals surface area contributed by atoms with E-state index in [0.29, 0.717) is 0 Å². The van der Waals surface area contributed by atoms with Crippen LogP contribution in [0.1, 0.15) is 58.3 Å². The van der Waals surface area contributed by atoms with E-state index in [1.807, 2.05) is 0 Å². The van der Waals surface area contributed by atoms with Crippen molar-refractivity contribution < 1.29 is 7.91 Å². The van der Waals surface area contributed by atoms with Crippen molar-refractivity contribution in [1.82, 2.24) is 0 Å². The smallest absolute Gasteiger partial charge is 0.452 e. The van der Waals surface area contributed by atoms with E-state index in [1.165, 1.54) is 51.4 Å². The van der Waals surface area contributed by atoms with Crippen molar-refractivity contribution in [1.29, 1.82) is 0 Å². The van der Waals surface area contributed by atoms with Crippen molar-refractivity contribution in [2.45, 2.75) is 58.3 Å². The Hall–Kier alpha value is 0.686. The third-order valence-electron chi connectivity index (χ3n) is 2.47. The Morgan fingerprint density at radius 1 is 0.733 bits per heavy atom. The number of ether oxygens (including phenoxy) is 1. The van der Waals surface area contributed by atoms with Gasteiger partial charge in [0.05, 0.1) is 0 Å². The van der Waals surface area contributed by atoms with E-state index < -0.39 is 0 Å². The van der Waals surface area contributed by atoms with Crippen molar-refractivity contribution in [2.24, 2.45) is 0 Å². The Kier molecular flexibility index (Phi) is 15.4. The largest absolute Gasteiger partial charge is 0.584 e. The van der Waals surface area contributed by atoms with Crippen molar-refractivity contribution in [2.75, 3.05) is 19.8 Å². The van der Waals surface area contributed by atoms with Gasteiger partial charge in [0.2, 0.25) is 0 Å². The Morgan fingerprint density at radius 3 is 1.87 bits per heavy atom. The van der Waals surface area contributed by atoms with Crippen molar-refractivity contribution in [3.05, 3.63) is 0 Å². The van der Waals surface area contributed by atoms with Gasteiger partial charge in [0, 0.05) is 19.8 Å². The van der Waals surface area contributed by atoms with E-state index in [2.05, 4.69) is 6.92 Å². The first-order chi connectivity index (χ1) is 7.41. The molecular formula is C12H25MgO2. The molecule has 0 aromatic carbocycles. The van der Waals surface area contributed by atoms with Crippen LogP contribution >= 0.6 is 0 Å². The second kappa shape index (κ2) is 14.7. The number of rotatable bonds is 12. The SMILES string of the molecule is CCCCOCCCCCCCC[O][Mg]. The van der Waals surface area contributed by atoms with Gasteiger partial charge in [0.15, 0.2) is 0 Å². The van der Waals surface area contributed by atoms with Crippen LogP contribution in [0.2, 0.25) is 0 Å². The first-order valence-electron chi connectivity index (χ1n) is 6.36. The van der Waals surface area contributed by atoms with Crippen LogP contribution in [0.15, 0.2) is 0 Å². The summed E-state index contributed by atoms with van der Waals surface area (Å²) in [5.41, 5.74) is 0. The highest BCUT2D eigenvalue weighted by Gasteiger charge is 1.91. The van der Waals surface area contributed by atoms with Gasteiger partial charge >= 0.3 is 22.1 Å². The molecule has 0 aliphatic heterocycles. The summed E-state index contributed by atoms with van der Waals surface area (Å²) in [6.45, 7) is 5.03. The van der Waals surface area contributed by atoms with Gasteiger partial charge in [-0.25, -0.2) is 0 Å². The zero-order valence-electron chi connectivity index (χ0n) is 10.3. The van der Waals surface area contributed by atoms with Gasteiger partial charge in [0.25, 0.3) is 0 Å². The molecule has 0 N–H and O–H groups in total. The lowest BCUT2D eigenvalue weighted by Gasteiger charge is -2.04. The van der Waals surface area contributed by atoms with Gasteiger partial charge in [-0.1, -0.05) is 39.0 Å². The topological polar surface area (TPSA) is 18.5 Å². The van der Waals surface area contributed by atoms with Gasteiger partial charge in [-0.15, -0.1) is 0 Å². The second-order valence-electron chi connectivity index (χ2n) is 4.00. The summed E-state index contributed by atoms with van der Waals surface area (Å²) in [5, 5.41) is 0. The molecule has 0 saturated heterocycles. The lowest BCUT2D eigenvalue weighted by molar-refractivity contribution is 0.127. The minimum atomic E-state index is 0.929. The van der Waals surface area contributed by atoms with Crippen LogP contribution in [0.25, 0.3) is 0 Å². The highest BCUT2D eigenvalue weighted by molar-refractivity contribution is 5.97. The van der Waals surface area contributed by atoms with Gasteiger partial charge in [-0.2, -0.15) is 0 Å². The molecule has 0 rings (SSSR count). The molecule has 0 aromatic rings. The Balaban J connectivity index is 2.81. The van der Waals surface area contributed by atoms with E-state index >= 15 is 0 Å². The molecule has 0 unspecified atom stereocenters. The third-order valence-corrected chi connectivity index (χ3v) is 2.76. The van der Waals surface area contributed by atoms with Crippen LogP contribution in [0.3, 0.4) is 0 Å². The Labute approximate surface area is 108 Å². The summed E-state index contributed by atoms with van der Waals surface area (Å²) >= 11 is 1.60. The Morgan fingerprint density at radius 2 is 1.27 bits per heavy atom. The lowest BCUT2D eigenvalue weighted by atomic mass is 10.1. The zero-order valence-corrected chi connectivity index (χ0v) is 11.7. The molecule has 87 valence electrons. The molecule has 1 radical (unpaired) electrons. The minimum Gasteiger partial charge on any atom is -0.584 e. The molecular weight excluding hydrogens is 200 g/mol. The van der Waals surface area contributed by atoms with Crippen LogP contribution in [0, 0.1) is 0 Å². The summed E-state index contributed by atoms with van der Waals surface area (Å²) in [6.07, 6.45) is 10.2. The van der Waals surface area contributed by atoms with E-state index in [1.54, 1.807) is 22.1 Å². The van der Waals surface area contributed by atoms with Crippen LogP contribution in [0.5, 0.6) is 0 Å². The Bertz CT molecular complexity index is 97.8. The lowest BCUT2D eigenvalue weighted by Crippen LogP contribution is -1.96. The average Bonchev–Trinajstić information content (AvgIpc) is 2.26. The maximum atomic E-state index is 5.50. The second-order valence-corrected chi connectivity index (χ2v) is 4.40. The zero-order chi connectivity index (χ0) is 11.2. The van der Waals surface area contributed by atoms with Crippen LogP contribution in [-0.4, -0.2) is 41.9 Å². The molecule has 0 amide bonds. The fourth-order valence-electron chi connectivity index (χ4n) is 1.46. The molecule has 0 heterocycles. The van der Waals surface area contributed by atoms with E-state index in [-0.39, 0.29) is 0 Å². The first kappa shape index (κ1) is 15.7. The van der Waals surface area contributed by atoms with E-state index in [9.17, 15) is 0 Å². The molecule has 0 spiro atoms. The quantitative estimate of drug-likeness (QED) is 0.375. The molecule has 0 fully saturated rings. The normalized spacial score (nSPS) is 10.7. The molecule has 3 heteroatoms. The maximum Gasteiger partial charge on any atom is 0.452 e. The first-order valence-corrected chi connectivity index (χ1v) is 6.94. The summed E-state index contributed by atoms with van der Waals surface area (Å²) < 4.78 is 10.5. The van der Waals surface area contributed by atoms with E-state index in [0.717, 1.165) is 19.8 Å². The third kappa shape index (κ3) is 14.7. The number of hydrogen-bond donors (Lipinski definition) is 0. The molecule has 0 saturated carbocycles. The van der Waals surface area contributed by atoms with E-state index in [4.69, 9.17) is 7.91 Å². The van der Waals surface area contributed by atoms with Gasteiger partial charge in [0.1, 0.15) is 0 Å². The molecule has 0 atom stereocenters. The summed E-state index contributed by atoms with van der Waals surface area (Å²) in [7, 11) is 0. The van der Waals surface area contributed by atoms with Crippen molar-refractivity contribution in [3.8, 4) is 0 Å². The minimum absolute atomic E-state index is 0.929. The standard InChI is InChI=1S/C12H25O2.Mg/c1-2-3-11-14-12-9-7-5-4-6-8-10-13;/h2-12H2,1H3;/q-1;+1. The molecule has 15 heavy (non-hydrogen) atoms.